The smallest absolute Gasteiger partial charge is 0.237 e. The second-order valence-corrected chi connectivity index (χ2v) is 6.42. The summed E-state index contributed by atoms with van der Waals surface area (Å²) in [7, 11) is 1.71. The zero-order valence-corrected chi connectivity index (χ0v) is 12.1. The number of hydrogen-bond donors (Lipinski definition) is 2. The first-order chi connectivity index (χ1) is 8.72. The molecular weight excluding hydrogens is 248 g/mol. The van der Waals surface area contributed by atoms with Gasteiger partial charge in [-0.05, 0) is 31.9 Å². The van der Waals surface area contributed by atoms with Crippen molar-refractivity contribution in [2.24, 2.45) is 0 Å². The number of thioether (sulfide) groups is 1. The molecule has 2 rings (SSSR count). The van der Waals surface area contributed by atoms with Crippen molar-refractivity contribution < 1.29 is 9.53 Å². The van der Waals surface area contributed by atoms with E-state index in [1.54, 1.807) is 7.11 Å². The van der Waals surface area contributed by atoms with Gasteiger partial charge in [0.05, 0.1) is 12.1 Å². The molecule has 1 aliphatic carbocycles. The summed E-state index contributed by atoms with van der Waals surface area (Å²) in [5.41, 5.74) is 0. The highest BCUT2D eigenvalue weighted by molar-refractivity contribution is 7.99. The zero-order valence-electron chi connectivity index (χ0n) is 11.3. The fourth-order valence-electron chi connectivity index (χ4n) is 2.87. The van der Waals surface area contributed by atoms with E-state index < -0.39 is 0 Å². The van der Waals surface area contributed by atoms with E-state index in [-0.39, 0.29) is 18.1 Å². The van der Waals surface area contributed by atoms with E-state index in [1.807, 2.05) is 11.8 Å². The summed E-state index contributed by atoms with van der Waals surface area (Å²) >= 11 is 1.93. The van der Waals surface area contributed by atoms with Crippen molar-refractivity contribution in [2.45, 2.75) is 55.5 Å². The minimum Gasteiger partial charge on any atom is -0.380 e. The summed E-state index contributed by atoms with van der Waals surface area (Å²) in [6.45, 7) is 0.784. The molecule has 1 heterocycles. The largest absolute Gasteiger partial charge is 0.380 e. The van der Waals surface area contributed by atoms with Crippen molar-refractivity contribution in [1.29, 1.82) is 0 Å². The zero-order chi connectivity index (χ0) is 13.0. The van der Waals surface area contributed by atoms with Crippen LogP contribution in [0.25, 0.3) is 0 Å². The van der Waals surface area contributed by atoms with Crippen molar-refractivity contribution in [2.75, 3.05) is 19.9 Å². The second kappa shape index (κ2) is 6.78. The quantitative estimate of drug-likeness (QED) is 0.806. The monoisotopic (exact) mass is 272 g/mol. The van der Waals surface area contributed by atoms with Crippen molar-refractivity contribution >= 4 is 17.7 Å². The molecule has 2 fully saturated rings. The third-order valence-corrected chi connectivity index (χ3v) is 5.14. The van der Waals surface area contributed by atoms with Crippen LogP contribution in [0.15, 0.2) is 0 Å². The molecule has 1 amide bonds. The number of carbonyl (C=O) groups is 1. The molecule has 0 aromatic carbocycles. The van der Waals surface area contributed by atoms with Gasteiger partial charge in [0, 0.05) is 24.9 Å². The predicted molar refractivity (Wildman–Crippen MR) is 74.9 cm³/mol. The Morgan fingerprint density at radius 1 is 1.39 bits per heavy atom. The molecule has 0 radical (unpaired) electrons. The molecule has 4 unspecified atom stereocenters. The molecule has 4 atom stereocenters. The van der Waals surface area contributed by atoms with E-state index in [9.17, 15) is 4.79 Å². The van der Waals surface area contributed by atoms with Gasteiger partial charge in [0.1, 0.15) is 0 Å². The second-order valence-electron chi connectivity index (χ2n) is 5.28. The van der Waals surface area contributed by atoms with Crippen LogP contribution in [0, 0.1) is 0 Å². The van der Waals surface area contributed by atoms with Gasteiger partial charge in [-0.15, -0.1) is 0 Å². The van der Waals surface area contributed by atoms with Crippen LogP contribution in [0.2, 0.25) is 0 Å². The molecule has 5 heteroatoms. The average Bonchev–Trinajstić information content (AvgIpc) is 2.88. The number of rotatable bonds is 4. The topological polar surface area (TPSA) is 50.4 Å². The Labute approximate surface area is 114 Å². The lowest BCUT2D eigenvalue weighted by Crippen LogP contribution is -2.47. The van der Waals surface area contributed by atoms with Crippen LogP contribution >= 0.6 is 11.8 Å². The summed E-state index contributed by atoms with van der Waals surface area (Å²) in [5.74, 6) is 0.154. The number of nitrogens with one attached hydrogen (secondary N) is 2. The van der Waals surface area contributed by atoms with Gasteiger partial charge in [-0.25, -0.2) is 0 Å². The molecule has 1 aliphatic heterocycles. The SMILES string of the molecule is COC1CNC(C(=O)NC2CCCC(SC)C2)C1. The summed E-state index contributed by atoms with van der Waals surface area (Å²) in [4.78, 5) is 12.1. The van der Waals surface area contributed by atoms with E-state index in [1.165, 1.54) is 12.8 Å². The minimum absolute atomic E-state index is 0.0652. The van der Waals surface area contributed by atoms with Gasteiger partial charge >= 0.3 is 0 Å². The van der Waals surface area contributed by atoms with Gasteiger partial charge in [0.15, 0.2) is 0 Å². The average molecular weight is 272 g/mol. The first-order valence-corrected chi connectivity index (χ1v) is 8.11. The molecule has 104 valence electrons. The molecular formula is C13H24N2O2S. The molecule has 1 saturated heterocycles. The van der Waals surface area contributed by atoms with Crippen molar-refractivity contribution in [3.8, 4) is 0 Å². The highest BCUT2D eigenvalue weighted by atomic mass is 32.2. The molecule has 0 aromatic rings. The Bertz CT molecular complexity index is 288. The molecule has 2 aliphatic rings. The highest BCUT2D eigenvalue weighted by Gasteiger charge is 2.31. The van der Waals surface area contributed by atoms with Crippen molar-refractivity contribution in [1.82, 2.24) is 10.6 Å². The van der Waals surface area contributed by atoms with Crippen LogP contribution < -0.4 is 10.6 Å². The van der Waals surface area contributed by atoms with Crippen LogP contribution in [-0.4, -0.2) is 49.3 Å². The molecule has 2 N–H and O–H groups in total. The standard InChI is InChI=1S/C13H24N2O2S/c1-17-10-7-12(14-8-10)13(16)15-9-4-3-5-11(6-9)18-2/h9-12,14H,3-8H2,1-2H3,(H,15,16). The van der Waals surface area contributed by atoms with E-state index in [0.29, 0.717) is 11.3 Å². The molecule has 0 aromatic heterocycles. The Morgan fingerprint density at radius 2 is 2.22 bits per heavy atom. The molecule has 0 bridgehead atoms. The molecule has 18 heavy (non-hydrogen) atoms. The van der Waals surface area contributed by atoms with Gasteiger partial charge < -0.3 is 15.4 Å². The number of hydrogen-bond acceptors (Lipinski definition) is 4. The van der Waals surface area contributed by atoms with Crippen LogP contribution in [0.1, 0.15) is 32.1 Å². The van der Waals surface area contributed by atoms with Crippen molar-refractivity contribution in [3.05, 3.63) is 0 Å². The lowest BCUT2D eigenvalue weighted by Gasteiger charge is -2.29. The Morgan fingerprint density at radius 3 is 2.89 bits per heavy atom. The van der Waals surface area contributed by atoms with Crippen LogP contribution in [-0.2, 0) is 9.53 Å². The van der Waals surface area contributed by atoms with Gasteiger partial charge in [-0.1, -0.05) is 6.42 Å². The first-order valence-electron chi connectivity index (χ1n) is 6.82. The van der Waals surface area contributed by atoms with Crippen LogP contribution in [0.3, 0.4) is 0 Å². The molecule has 0 spiro atoms. The van der Waals surface area contributed by atoms with E-state index in [2.05, 4.69) is 16.9 Å². The van der Waals surface area contributed by atoms with E-state index in [4.69, 9.17) is 4.74 Å². The highest BCUT2D eigenvalue weighted by Crippen LogP contribution is 2.27. The maximum absolute atomic E-state index is 12.1. The molecule has 4 nitrogen and oxygen atoms in total. The van der Waals surface area contributed by atoms with Gasteiger partial charge in [-0.2, -0.15) is 11.8 Å². The predicted octanol–water partition coefficient (Wildman–Crippen LogP) is 1.15. The number of methoxy groups -OCH3 is 1. The third kappa shape index (κ3) is 3.62. The van der Waals surface area contributed by atoms with E-state index >= 15 is 0 Å². The normalized spacial score (nSPS) is 36.6. The summed E-state index contributed by atoms with van der Waals surface area (Å²) in [5, 5.41) is 7.14. The Balaban J connectivity index is 1.77. The number of ether oxygens (including phenoxy) is 1. The fraction of sp³-hybridized carbons (Fsp3) is 0.923. The maximum Gasteiger partial charge on any atom is 0.237 e. The first kappa shape index (κ1) is 14.2. The Hall–Kier alpha value is -0.260. The van der Waals surface area contributed by atoms with Gasteiger partial charge in [0.25, 0.3) is 0 Å². The van der Waals surface area contributed by atoms with Crippen LogP contribution in [0.5, 0.6) is 0 Å². The van der Waals surface area contributed by atoms with Crippen molar-refractivity contribution in [3.63, 3.8) is 0 Å². The molecule has 1 saturated carbocycles. The van der Waals surface area contributed by atoms with E-state index in [0.717, 1.165) is 25.8 Å². The summed E-state index contributed by atoms with van der Waals surface area (Å²) < 4.78 is 5.27. The Kier molecular flexibility index (Phi) is 5.33. The lowest BCUT2D eigenvalue weighted by atomic mass is 9.94. The fourth-order valence-corrected chi connectivity index (χ4v) is 3.70. The summed E-state index contributed by atoms with van der Waals surface area (Å²) in [6, 6.07) is 0.303. The third-order valence-electron chi connectivity index (χ3n) is 4.05. The lowest BCUT2D eigenvalue weighted by molar-refractivity contribution is -0.123. The van der Waals surface area contributed by atoms with Gasteiger partial charge in [-0.3, -0.25) is 4.79 Å². The minimum atomic E-state index is -0.0652. The maximum atomic E-state index is 12.1. The summed E-state index contributed by atoms with van der Waals surface area (Å²) in [6.07, 6.45) is 7.91. The van der Waals surface area contributed by atoms with Crippen LogP contribution in [0.4, 0.5) is 0 Å². The number of carbonyl (C=O) groups excluding carboxylic acids is 1. The van der Waals surface area contributed by atoms with Gasteiger partial charge in [0.2, 0.25) is 5.91 Å². The number of amides is 1.